The molecule has 76 valence electrons. The monoisotopic (exact) mass is 359 g/mol. The van der Waals surface area contributed by atoms with Gasteiger partial charge in [0.15, 0.2) is 0 Å². The summed E-state index contributed by atoms with van der Waals surface area (Å²) in [7, 11) is 1.84. The summed E-state index contributed by atoms with van der Waals surface area (Å²) in [6.45, 7) is 2.12. The maximum Gasteiger partial charge on any atom is 4.00 e. The Bertz CT molecular complexity index is 162. The summed E-state index contributed by atoms with van der Waals surface area (Å²) < 4.78 is 0. The first-order valence-electron chi connectivity index (χ1n) is 3.88. The molecule has 1 atom stereocenters. The zero-order chi connectivity index (χ0) is 8.10. The number of hydrogen-bond donors (Lipinski definition) is 0. The molecule has 0 bridgehead atoms. The number of allylic oxidation sites excluding steroid dienone is 2. The molecule has 0 saturated heterocycles. The van der Waals surface area contributed by atoms with Crippen LogP contribution in [0.15, 0.2) is 24.4 Å². The molecule has 0 radical (unpaired) electrons. The third-order valence-electron chi connectivity index (χ3n) is 1.73. The second-order valence-corrected chi connectivity index (χ2v) is 2.44. The van der Waals surface area contributed by atoms with E-state index < -0.39 is 0 Å². The van der Waals surface area contributed by atoms with Crippen LogP contribution in [0.4, 0.5) is 0 Å². The van der Waals surface area contributed by atoms with Gasteiger partial charge >= 0.3 is 21.1 Å². The van der Waals surface area contributed by atoms with E-state index >= 15 is 0 Å². The topological polar surface area (TPSA) is 28.2 Å². The quantitative estimate of drug-likeness (QED) is 0.693. The Labute approximate surface area is 96.1 Å². The first-order valence-corrected chi connectivity index (χ1v) is 3.88. The first kappa shape index (κ1) is 15.3. The molecular formula is C10H16N2Pt. The number of hydrogen-bond acceptors (Lipinski definition) is 0. The normalized spacial score (nSPS) is 15.4. The summed E-state index contributed by atoms with van der Waals surface area (Å²) in [5, 5.41) is 8.44. The fourth-order valence-corrected chi connectivity index (χ4v) is 1.10. The van der Waals surface area contributed by atoms with Gasteiger partial charge in [-0.2, -0.15) is 13.1 Å². The van der Waals surface area contributed by atoms with Gasteiger partial charge in [0.2, 0.25) is 0 Å². The first-order chi connectivity index (χ1) is 5.38. The van der Waals surface area contributed by atoms with Gasteiger partial charge in [-0.3, -0.25) is 0 Å². The second kappa shape index (κ2) is 8.40. The van der Waals surface area contributed by atoms with E-state index in [2.05, 4.69) is 17.6 Å². The molecule has 1 heterocycles. The van der Waals surface area contributed by atoms with Gasteiger partial charge in [-0.1, -0.05) is 13.3 Å². The van der Waals surface area contributed by atoms with Crippen LogP contribution in [-0.4, -0.2) is 13.1 Å². The van der Waals surface area contributed by atoms with E-state index in [0.717, 1.165) is 12.5 Å². The molecule has 1 unspecified atom stereocenters. The van der Waals surface area contributed by atoms with E-state index in [9.17, 15) is 0 Å². The van der Waals surface area contributed by atoms with Gasteiger partial charge in [-0.25, -0.2) is 24.4 Å². The van der Waals surface area contributed by atoms with Crippen molar-refractivity contribution in [2.24, 2.45) is 0 Å². The molecule has 2 nitrogen and oxygen atoms in total. The third-order valence-corrected chi connectivity index (χ3v) is 1.73. The minimum Gasteiger partial charge on any atom is -0.755 e. The predicted octanol–water partition coefficient (Wildman–Crippen LogP) is 3.21. The SMILES string of the molecule is CCC([N-]C)[C-]1C=CC=C[N-]1.[CH3-].[Pt+4]. The van der Waals surface area contributed by atoms with Gasteiger partial charge < -0.3 is 24.1 Å². The Morgan fingerprint density at radius 1 is 1.46 bits per heavy atom. The molecule has 0 spiro atoms. The smallest absolute Gasteiger partial charge is 0.755 e. The molecule has 0 aromatic heterocycles. The van der Waals surface area contributed by atoms with Crippen LogP contribution in [0.2, 0.25) is 0 Å². The van der Waals surface area contributed by atoms with E-state index in [0.29, 0.717) is 0 Å². The van der Waals surface area contributed by atoms with Crippen molar-refractivity contribution >= 4 is 0 Å². The van der Waals surface area contributed by atoms with Crippen LogP contribution in [0.3, 0.4) is 0 Å². The molecule has 0 aromatic rings. The van der Waals surface area contributed by atoms with Crippen LogP contribution in [0, 0.1) is 13.5 Å². The molecule has 13 heavy (non-hydrogen) atoms. The van der Waals surface area contributed by atoms with Crippen molar-refractivity contribution in [2.75, 3.05) is 7.05 Å². The standard InChI is InChI=1S/C9H13N2.CH3.Pt/c1-3-8(10-2)9-6-4-5-7-11-9;;/h4-8H,3H2,1-2H3;1H3;/q-3;-1;+4. The van der Waals surface area contributed by atoms with Crippen molar-refractivity contribution in [3.63, 3.8) is 0 Å². The summed E-state index contributed by atoms with van der Waals surface area (Å²) in [6, 6.07) is 1.34. The van der Waals surface area contributed by atoms with Crippen LogP contribution in [0.1, 0.15) is 13.3 Å². The van der Waals surface area contributed by atoms with E-state index in [1.165, 1.54) is 0 Å². The summed E-state index contributed by atoms with van der Waals surface area (Å²) >= 11 is 0. The molecule has 0 N–H and O–H groups in total. The van der Waals surface area contributed by atoms with Crippen LogP contribution in [0.25, 0.3) is 10.6 Å². The molecule has 1 aliphatic heterocycles. The Morgan fingerprint density at radius 3 is 2.54 bits per heavy atom. The second-order valence-electron chi connectivity index (χ2n) is 2.44. The minimum atomic E-state index is 0. The molecule has 0 fully saturated rings. The van der Waals surface area contributed by atoms with Crippen molar-refractivity contribution in [3.05, 3.63) is 48.5 Å². The van der Waals surface area contributed by atoms with Gasteiger partial charge in [-0.15, -0.1) is 0 Å². The summed E-state index contributed by atoms with van der Waals surface area (Å²) in [5.74, 6) is 0. The zero-order valence-electron chi connectivity index (χ0n) is 8.30. The van der Waals surface area contributed by atoms with Crippen molar-refractivity contribution in [2.45, 2.75) is 19.4 Å². The molecular weight excluding hydrogens is 343 g/mol. The third kappa shape index (κ3) is 4.54. The number of likely N-dealkylation sites (N-methyl/N-ethyl adjacent to an activating group) is 1. The van der Waals surface area contributed by atoms with Crippen LogP contribution < -0.4 is 0 Å². The summed E-state index contributed by atoms with van der Waals surface area (Å²) in [5.41, 5.74) is 0. The molecule has 1 rings (SSSR count). The summed E-state index contributed by atoms with van der Waals surface area (Å²) in [6.07, 6.45) is 8.76. The van der Waals surface area contributed by atoms with Crippen LogP contribution in [0.5, 0.6) is 0 Å². The number of rotatable bonds is 3. The van der Waals surface area contributed by atoms with Gasteiger partial charge in [0.25, 0.3) is 0 Å². The van der Waals surface area contributed by atoms with E-state index in [-0.39, 0.29) is 34.5 Å². The largest absolute Gasteiger partial charge is 4.00 e. The maximum absolute atomic E-state index is 4.23. The fraction of sp³-hybridized carbons (Fsp3) is 0.400. The Morgan fingerprint density at radius 2 is 2.15 bits per heavy atom. The average molecular weight is 359 g/mol. The van der Waals surface area contributed by atoms with Gasteiger partial charge in [0.1, 0.15) is 0 Å². The molecule has 1 aliphatic rings. The molecule has 0 amide bonds. The Hall–Kier alpha value is -0.202. The van der Waals surface area contributed by atoms with Crippen molar-refractivity contribution in [1.82, 2.24) is 0 Å². The molecule has 0 aliphatic carbocycles. The number of nitrogens with zero attached hydrogens (tertiary/aromatic N) is 2. The van der Waals surface area contributed by atoms with Crippen LogP contribution in [-0.2, 0) is 21.1 Å². The molecule has 0 aromatic carbocycles. The fourth-order valence-electron chi connectivity index (χ4n) is 1.10. The minimum absolute atomic E-state index is 0. The van der Waals surface area contributed by atoms with Gasteiger partial charge in [-0.05, 0) is 0 Å². The van der Waals surface area contributed by atoms with Crippen molar-refractivity contribution in [1.29, 1.82) is 0 Å². The predicted molar refractivity (Wildman–Crippen MR) is 54.7 cm³/mol. The van der Waals surface area contributed by atoms with Crippen LogP contribution >= 0.6 is 0 Å². The van der Waals surface area contributed by atoms with Gasteiger partial charge in [0.05, 0.1) is 0 Å². The van der Waals surface area contributed by atoms with E-state index in [1.807, 2.05) is 31.5 Å². The maximum atomic E-state index is 4.23. The molecule has 3 heteroatoms. The van der Waals surface area contributed by atoms with E-state index in [4.69, 9.17) is 0 Å². The Balaban J connectivity index is 0. The zero-order valence-corrected chi connectivity index (χ0v) is 10.6. The van der Waals surface area contributed by atoms with Gasteiger partial charge in [0, 0.05) is 0 Å². The van der Waals surface area contributed by atoms with Crippen molar-refractivity contribution < 1.29 is 21.1 Å². The summed E-state index contributed by atoms with van der Waals surface area (Å²) in [4.78, 5) is 0. The molecule has 0 saturated carbocycles. The van der Waals surface area contributed by atoms with Crippen molar-refractivity contribution in [3.8, 4) is 0 Å². The average Bonchev–Trinajstić information content (AvgIpc) is 2.09. The van der Waals surface area contributed by atoms with E-state index in [1.54, 1.807) is 0 Å². The Kier molecular flexibility index (Phi) is 9.87.